The summed E-state index contributed by atoms with van der Waals surface area (Å²) in [4.78, 5) is 21.6. The van der Waals surface area contributed by atoms with Crippen LogP contribution in [0.5, 0.6) is 0 Å². The van der Waals surface area contributed by atoms with Crippen LogP contribution < -0.4 is 10.6 Å². The van der Waals surface area contributed by atoms with Gasteiger partial charge in [-0.3, -0.25) is 0 Å². The van der Waals surface area contributed by atoms with Crippen LogP contribution in [0, 0.1) is 0 Å². The number of carboxylic acid groups (broad SMARTS) is 1. The second-order valence-corrected chi connectivity index (χ2v) is 5.22. The third kappa shape index (κ3) is 11.9. The van der Waals surface area contributed by atoms with E-state index < -0.39 is 12.1 Å². The lowest BCUT2D eigenvalue weighted by molar-refractivity contribution is -0.146. The highest BCUT2D eigenvalue weighted by Gasteiger charge is 2.12. The third-order valence-electron chi connectivity index (χ3n) is 2.55. The van der Waals surface area contributed by atoms with Crippen molar-refractivity contribution in [2.24, 2.45) is 0 Å². The van der Waals surface area contributed by atoms with Crippen LogP contribution in [0.2, 0.25) is 0 Å². The summed E-state index contributed by atoms with van der Waals surface area (Å²) in [5, 5.41) is 22.6. The van der Waals surface area contributed by atoms with Crippen molar-refractivity contribution in [1.82, 2.24) is 10.6 Å². The first kappa shape index (κ1) is 18.0. The van der Waals surface area contributed by atoms with Crippen LogP contribution in [0.15, 0.2) is 0 Å². The Morgan fingerprint density at radius 2 is 1.74 bits per heavy atom. The number of rotatable bonds is 11. The van der Waals surface area contributed by atoms with Gasteiger partial charge in [-0.25, -0.2) is 9.59 Å². The Morgan fingerprint density at radius 1 is 1.11 bits per heavy atom. The van der Waals surface area contributed by atoms with Crippen molar-refractivity contribution in [3.8, 4) is 0 Å². The molecule has 0 heterocycles. The van der Waals surface area contributed by atoms with Gasteiger partial charge in [0, 0.05) is 19.5 Å². The number of unbranched alkanes of at least 4 members (excludes halogenated alkanes) is 3. The number of carboxylic acids is 1. The van der Waals surface area contributed by atoms with Crippen LogP contribution >= 0.6 is 11.8 Å². The van der Waals surface area contributed by atoms with Crippen molar-refractivity contribution in [3.63, 3.8) is 0 Å². The van der Waals surface area contributed by atoms with Crippen LogP contribution in [0.1, 0.15) is 32.1 Å². The molecule has 0 aromatic carbocycles. The van der Waals surface area contributed by atoms with Crippen LogP contribution in [0.25, 0.3) is 0 Å². The van der Waals surface area contributed by atoms with E-state index in [4.69, 9.17) is 10.2 Å². The molecule has 0 aliphatic carbocycles. The Bertz CT molecular complexity index is 264. The molecule has 0 aliphatic heterocycles. The third-order valence-corrected chi connectivity index (χ3v) is 3.25. The SMILES string of the molecule is CSCCCCCCNC(=O)NCCC(O)C(=O)O. The molecular formula is C12H24N2O4S. The fourth-order valence-corrected chi connectivity index (χ4v) is 1.93. The van der Waals surface area contributed by atoms with E-state index in [2.05, 4.69) is 16.9 Å². The van der Waals surface area contributed by atoms with Crippen molar-refractivity contribution < 1.29 is 19.8 Å². The number of thioether (sulfide) groups is 1. The molecule has 4 N–H and O–H groups in total. The van der Waals surface area contributed by atoms with Gasteiger partial charge in [0.2, 0.25) is 0 Å². The molecule has 7 heteroatoms. The summed E-state index contributed by atoms with van der Waals surface area (Å²) in [7, 11) is 0. The zero-order valence-corrected chi connectivity index (χ0v) is 12.2. The molecule has 1 unspecified atom stereocenters. The molecule has 1 atom stereocenters. The molecule has 6 nitrogen and oxygen atoms in total. The average Bonchev–Trinajstić information content (AvgIpc) is 2.37. The van der Waals surface area contributed by atoms with Gasteiger partial charge in [0.25, 0.3) is 0 Å². The molecule has 112 valence electrons. The standard InChI is InChI=1S/C12H24N2O4S/c1-19-9-5-3-2-4-7-13-12(18)14-8-6-10(15)11(16)17/h10,15H,2-9H2,1H3,(H,16,17)(H2,13,14,18). The zero-order valence-electron chi connectivity index (χ0n) is 11.4. The summed E-state index contributed by atoms with van der Waals surface area (Å²) in [6.07, 6.45) is 5.11. The minimum absolute atomic E-state index is 0.0113. The second-order valence-electron chi connectivity index (χ2n) is 4.23. The highest BCUT2D eigenvalue weighted by Crippen LogP contribution is 2.03. The van der Waals surface area contributed by atoms with E-state index in [0.29, 0.717) is 6.54 Å². The molecule has 0 rings (SSSR count). The van der Waals surface area contributed by atoms with Gasteiger partial charge in [0.15, 0.2) is 6.10 Å². The fraction of sp³-hybridized carbons (Fsp3) is 0.833. The van der Waals surface area contributed by atoms with Crippen LogP contribution in [0.4, 0.5) is 4.79 Å². The number of carbonyl (C=O) groups excluding carboxylic acids is 1. The number of aliphatic carboxylic acids is 1. The summed E-state index contributed by atoms with van der Waals surface area (Å²) in [5.74, 6) is -0.0905. The van der Waals surface area contributed by atoms with Gasteiger partial charge in [0.05, 0.1) is 0 Å². The maximum Gasteiger partial charge on any atom is 0.332 e. The van der Waals surface area contributed by atoms with E-state index in [0.717, 1.165) is 12.8 Å². The van der Waals surface area contributed by atoms with E-state index in [1.165, 1.54) is 18.6 Å². The van der Waals surface area contributed by atoms with E-state index in [1.54, 1.807) is 0 Å². The predicted molar refractivity (Wildman–Crippen MR) is 76.5 cm³/mol. The molecule has 0 fully saturated rings. The van der Waals surface area contributed by atoms with Gasteiger partial charge in [0.1, 0.15) is 0 Å². The Morgan fingerprint density at radius 3 is 2.37 bits per heavy atom. The molecule has 19 heavy (non-hydrogen) atoms. The van der Waals surface area contributed by atoms with E-state index in [1.807, 2.05) is 11.8 Å². The van der Waals surface area contributed by atoms with E-state index >= 15 is 0 Å². The number of aliphatic hydroxyl groups is 1. The topological polar surface area (TPSA) is 98.7 Å². The molecule has 0 saturated heterocycles. The number of carbonyl (C=O) groups is 2. The van der Waals surface area contributed by atoms with Gasteiger partial charge in [-0.1, -0.05) is 12.8 Å². The number of nitrogens with one attached hydrogen (secondary N) is 2. The van der Waals surface area contributed by atoms with Crippen molar-refractivity contribution >= 4 is 23.8 Å². The first-order valence-corrected chi connectivity index (χ1v) is 7.88. The lowest BCUT2D eigenvalue weighted by atomic mass is 10.2. The number of urea groups is 1. The van der Waals surface area contributed by atoms with Crippen molar-refractivity contribution in [3.05, 3.63) is 0 Å². The minimum Gasteiger partial charge on any atom is -0.479 e. The molecule has 0 bridgehead atoms. The Labute approximate surface area is 118 Å². The quantitative estimate of drug-likeness (QED) is 0.427. The summed E-state index contributed by atoms with van der Waals surface area (Å²) >= 11 is 1.84. The van der Waals surface area contributed by atoms with Gasteiger partial charge in [-0.05, 0) is 24.9 Å². The maximum atomic E-state index is 11.3. The first-order valence-electron chi connectivity index (χ1n) is 6.49. The number of hydrogen-bond donors (Lipinski definition) is 4. The van der Waals surface area contributed by atoms with E-state index in [9.17, 15) is 9.59 Å². The second kappa shape index (κ2) is 12.1. The Kier molecular flexibility index (Phi) is 11.5. The first-order chi connectivity index (χ1) is 9.07. The van der Waals surface area contributed by atoms with Crippen LogP contribution in [0.3, 0.4) is 0 Å². The molecular weight excluding hydrogens is 268 g/mol. The van der Waals surface area contributed by atoms with Crippen molar-refractivity contribution in [2.75, 3.05) is 25.1 Å². The highest BCUT2D eigenvalue weighted by atomic mass is 32.2. The molecule has 0 spiro atoms. The fourth-order valence-electron chi connectivity index (χ4n) is 1.44. The normalized spacial score (nSPS) is 11.9. The Hall–Kier alpha value is -0.950. The summed E-state index contributed by atoms with van der Waals surface area (Å²) in [6.45, 7) is 0.764. The largest absolute Gasteiger partial charge is 0.479 e. The zero-order chi connectivity index (χ0) is 14.5. The maximum absolute atomic E-state index is 11.3. The van der Waals surface area contributed by atoms with Crippen molar-refractivity contribution in [1.29, 1.82) is 0 Å². The molecule has 0 aromatic heterocycles. The number of aliphatic hydroxyl groups excluding tert-OH is 1. The monoisotopic (exact) mass is 292 g/mol. The van der Waals surface area contributed by atoms with E-state index in [-0.39, 0.29) is 19.0 Å². The van der Waals surface area contributed by atoms with Gasteiger partial charge >= 0.3 is 12.0 Å². The lowest BCUT2D eigenvalue weighted by Crippen LogP contribution is -2.38. The summed E-state index contributed by atoms with van der Waals surface area (Å²) in [6, 6.07) is -0.318. The molecule has 0 radical (unpaired) electrons. The molecule has 0 aliphatic rings. The van der Waals surface area contributed by atoms with Gasteiger partial charge in [-0.2, -0.15) is 11.8 Å². The smallest absolute Gasteiger partial charge is 0.332 e. The number of amides is 2. The lowest BCUT2D eigenvalue weighted by Gasteiger charge is -2.08. The van der Waals surface area contributed by atoms with Gasteiger partial charge in [-0.15, -0.1) is 0 Å². The predicted octanol–water partition coefficient (Wildman–Crippen LogP) is 1.04. The molecule has 0 saturated carbocycles. The summed E-state index contributed by atoms with van der Waals surface area (Å²) < 4.78 is 0. The van der Waals surface area contributed by atoms with Crippen LogP contribution in [-0.2, 0) is 4.79 Å². The molecule has 0 aromatic rings. The van der Waals surface area contributed by atoms with Crippen LogP contribution in [-0.4, -0.2) is 53.4 Å². The van der Waals surface area contributed by atoms with Gasteiger partial charge < -0.3 is 20.8 Å². The average molecular weight is 292 g/mol. The highest BCUT2D eigenvalue weighted by molar-refractivity contribution is 7.98. The molecule has 2 amide bonds. The minimum atomic E-state index is -1.42. The van der Waals surface area contributed by atoms with Crippen molar-refractivity contribution in [2.45, 2.75) is 38.2 Å². The Balaban J connectivity index is 3.33. The number of hydrogen-bond acceptors (Lipinski definition) is 4. The summed E-state index contributed by atoms with van der Waals surface area (Å²) in [5.41, 5.74) is 0.